The molecule has 0 saturated heterocycles. The number of hydrogen-bond acceptors (Lipinski definition) is 3. The van der Waals surface area contributed by atoms with Gasteiger partial charge < -0.3 is 15.3 Å². The SMILES string of the molecule is CC(C)NCc1ccc(N(CCO)C2CCC2)c(F)c1. The molecule has 112 valence electrons. The van der Waals surface area contributed by atoms with Gasteiger partial charge >= 0.3 is 0 Å². The lowest BCUT2D eigenvalue weighted by Gasteiger charge is -2.39. The Kier molecular flexibility index (Phi) is 5.38. The van der Waals surface area contributed by atoms with Crippen molar-refractivity contribution in [1.29, 1.82) is 0 Å². The second kappa shape index (κ2) is 7.04. The minimum atomic E-state index is -0.187. The maximum absolute atomic E-state index is 14.3. The lowest BCUT2D eigenvalue weighted by atomic mass is 9.91. The molecule has 0 amide bonds. The number of nitrogens with zero attached hydrogens (tertiary/aromatic N) is 1. The first kappa shape index (κ1) is 15.3. The Morgan fingerprint density at radius 3 is 2.65 bits per heavy atom. The Labute approximate surface area is 120 Å². The van der Waals surface area contributed by atoms with Crippen molar-refractivity contribution in [3.05, 3.63) is 29.6 Å². The first-order valence-corrected chi connectivity index (χ1v) is 7.51. The summed E-state index contributed by atoms with van der Waals surface area (Å²) < 4.78 is 14.3. The van der Waals surface area contributed by atoms with Crippen LogP contribution in [-0.2, 0) is 6.54 Å². The van der Waals surface area contributed by atoms with E-state index in [1.54, 1.807) is 6.07 Å². The van der Waals surface area contributed by atoms with Gasteiger partial charge in [-0.25, -0.2) is 4.39 Å². The molecule has 0 radical (unpaired) electrons. The van der Waals surface area contributed by atoms with Gasteiger partial charge in [-0.05, 0) is 37.0 Å². The summed E-state index contributed by atoms with van der Waals surface area (Å²) in [5, 5.41) is 12.5. The highest BCUT2D eigenvalue weighted by Crippen LogP contribution is 2.31. The highest BCUT2D eigenvalue weighted by Gasteiger charge is 2.26. The summed E-state index contributed by atoms with van der Waals surface area (Å²) in [5.74, 6) is -0.187. The van der Waals surface area contributed by atoms with Gasteiger partial charge in [0.15, 0.2) is 0 Å². The van der Waals surface area contributed by atoms with E-state index in [1.165, 1.54) is 6.42 Å². The molecule has 1 aromatic carbocycles. The number of hydrogen-bond donors (Lipinski definition) is 2. The number of rotatable bonds is 7. The van der Waals surface area contributed by atoms with Gasteiger partial charge in [-0.1, -0.05) is 19.9 Å². The van der Waals surface area contributed by atoms with Crippen molar-refractivity contribution in [2.75, 3.05) is 18.1 Å². The topological polar surface area (TPSA) is 35.5 Å². The Morgan fingerprint density at radius 2 is 2.15 bits per heavy atom. The first-order chi connectivity index (χ1) is 9.61. The second-order valence-corrected chi connectivity index (χ2v) is 5.82. The van der Waals surface area contributed by atoms with E-state index in [1.807, 2.05) is 17.0 Å². The van der Waals surface area contributed by atoms with Crippen molar-refractivity contribution >= 4 is 5.69 Å². The van der Waals surface area contributed by atoms with Crippen molar-refractivity contribution in [3.63, 3.8) is 0 Å². The fourth-order valence-electron chi connectivity index (χ4n) is 2.52. The molecule has 1 aliphatic carbocycles. The summed E-state index contributed by atoms with van der Waals surface area (Å²) in [7, 11) is 0. The third-order valence-electron chi connectivity index (χ3n) is 3.89. The van der Waals surface area contributed by atoms with Gasteiger partial charge in [-0.2, -0.15) is 0 Å². The minimum Gasteiger partial charge on any atom is -0.395 e. The van der Waals surface area contributed by atoms with Gasteiger partial charge in [-0.15, -0.1) is 0 Å². The Hall–Kier alpha value is -1.13. The molecule has 0 heterocycles. The van der Waals surface area contributed by atoms with Gasteiger partial charge in [0, 0.05) is 25.2 Å². The molecular formula is C16H25FN2O. The van der Waals surface area contributed by atoms with Gasteiger partial charge in [0.05, 0.1) is 12.3 Å². The molecule has 0 bridgehead atoms. The Bertz CT molecular complexity index is 432. The predicted molar refractivity (Wildman–Crippen MR) is 80.4 cm³/mol. The molecule has 0 aliphatic heterocycles. The molecule has 0 atom stereocenters. The smallest absolute Gasteiger partial charge is 0.146 e. The number of anilines is 1. The molecule has 0 spiro atoms. The minimum absolute atomic E-state index is 0.0621. The fourth-order valence-corrected chi connectivity index (χ4v) is 2.52. The number of nitrogens with one attached hydrogen (secondary N) is 1. The Balaban J connectivity index is 2.10. The average Bonchev–Trinajstić information content (AvgIpc) is 2.34. The summed E-state index contributed by atoms with van der Waals surface area (Å²) in [4.78, 5) is 2.01. The standard InChI is InChI=1S/C16H25FN2O/c1-12(2)18-11-13-6-7-16(15(17)10-13)19(8-9-20)14-4-3-5-14/h6-7,10,12,14,18,20H,3-5,8-9,11H2,1-2H3. The van der Waals surface area contributed by atoms with Crippen LogP contribution in [0, 0.1) is 5.82 Å². The number of aliphatic hydroxyl groups is 1. The summed E-state index contributed by atoms with van der Waals surface area (Å²) in [5.41, 5.74) is 1.58. The van der Waals surface area contributed by atoms with Crippen molar-refractivity contribution < 1.29 is 9.50 Å². The lowest BCUT2D eigenvalue weighted by molar-refractivity contribution is 0.282. The van der Waals surface area contributed by atoms with E-state index in [2.05, 4.69) is 19.2 Å². The van der Waals surface area contributed by atoms with E-state index in [9.17, 15) is 9.50 Å². The molecule has 2 N–H and O–H groups in total. The van der Waals surface area contributed by atoms with Crippen molar-refractivity contribution in [3.8, 4) is 0 Å². The van der Waals surface area contributed by atoms with Crippen molar-refractivity contribution in [2.45, 2.75) is 51.7 Å². The van der Waals surface area contributed by atoms with Crippen molar-refractivity contribution in [1.82, 2.24) is 5.32 Å². The summed E-state index contributed by atoms with van der Waals surface area (Å²) >= 11 is 0. The molecule has 1 aromatic rings. The van der Waals surface area contributed by atoms with Crippen LogP contribution in [0.1, 0.15) is 38.7 Å². The van der Waals surface area contributed by atoms with Crippen LogP contribution in [0.25, 0.3) is 0 Å². The average molecular weight is 280 g/mol. The quantitative estimate of drug-likeness (QED) is 0.806. The largest absolute Gasteiger partial charge is 0.395 e. The van der Waals surface area contributed by atoms with Crippen LogP contribution >= 0.6 is 0 Å². The summed E-state index contributed by atoms with van der Waals surface area (Å²) in [6.45, 7) is 5.39. The second-order valence-electron chi connectivity index (χ2n) is 5.82. The highest BCUT2D eigenvalue weighted by atomic mass is 19.1. The monoisotopic (exact) mass is 280 g/mol. The molecule has 2 rings (SSSR count). The van der Waals surface area contributed by atoms with Crippen LogP contribution in [0.2, 0.25) is 0 Å². The third-order valence-corrected chi connectivity index (χ3v) is 3.89. The van der Waals surface area contributed by atoms with Gasteiger partial charge in [-0.3, -0.25) is 0 Å². The van der Waals surface area contributed by atoms with Crippen LogP contribution < -0.4 is 10.2 Å². The molecule has 1 fully saturated rings. The normalized spacial score (nSPS) is 15.4. The number of halogens is 1. The van der Waals surface area contributed by atoms with Gasteiger partial charge in [0.1, 0.15) is 5.82 Å². The van der Waals surface area contributed by atoms with Gasteiger partial charge in [0.2, 0.25) is 0 Å². The van der Waals surface area contributed by atoms with Crippen LogP contribution in [0.3, 0.4) is 0 Å². The summed E-state index contributed by atoms with van der Waals surface area (Å²) in [6, 6.07) is 6.19. The molecule has 1 saturated carbocycles. The Morgan fingerprint density at radius 1 is 1.40 bits per heavy atom. The number of benzene rings is 1. The fraction of sp³-hybridized carbons (Fsp3) is 0.625. The first-order valence-electron chi connectivity index (χ1n) is 7.51. The van der Waals surface area contributed by atoms with Crippen LogP contribution in [0.15, 0.2) is 18.2 Å². The molecule has 1 aliphatic rings. The van der Waals surface area contributed by atoms with Crippen molar-refractivity contribution in [2.24, 2.45) is 0 Å². The molecule has 0 aromatic heterocycles. The predicted octanol–water partition coefficient (Wildman–Crippen LogP) is 2.67. The zero-order chi connectivity index (χ0) is 14.5. The molecule has 3 nitrogen and oxygen atoms in total. The number of aliphatic hydroxyl groups excluding tert-OH is 1. The van der Waals surface area contributed by atoms with Crippen LogP contribution in [-0.4, -0.2) is 30.3 Å². The molecular weight excluding hydrogens is 255 g/mol. The van der Waals surface area contributed by atoms with E-state index in [0.29, 0.717) is 30.9 Å². The maximum atomic E-state index is 14.3. The molecule has 20 heavy (non-hydrogen) atoms. The van der Waals surface area contributed by atoms with Crippen LogP contribution in [0.5, 0.6) is 0 Å². The highest BCUT2D eigenvalue weighted by molar-refractivity contribution is 5.50. The zero-order valence-electron chi connectivity index (χ0n) is 12.4. The van der Waals surface area contributed by atoms with Gasteiger partial charge in [0.25, 0.3) is 0 Å². The lowest BCUT2D eigenvalue weighted by Crippen LogP contribution is -2.42. The molecule has 0 unspecified atom stereocenters. The van der Waals surface area contributed by atoms with E-state index in [0.717, 1.165) is 18.4 Å². The third kappa shape index (κ3) is 3.70. The maximum Gasteiger partial charge on any atom is 0.146 e. The van der Waals surface area contributed by atoms with Crippen LogP contribution in [0.4, 0.5) is 10.1 Å². The van der Waals surface area contributed by atoms with E-state index < -0.39 is 0 Å². The van der Waals surface area contributed by atoms with E-state index in [4.69, 9.17) is 0 Å². The summed E-state index contributed by atoms with van der Waals surface area (Å²) in [6.07, 6.45) is 3.39. The zero-order valence-corrected chi connectivity index (χ0v) is 12.4. The van der Waals surface area contributed by atoms with E-state index >= 15 is 0 Å². The van der Waals surface area contributed by atoms with E-state index in [-0.39, 0.29) is 12.4 Å². The molecule has 4 heteroatoms.